The van der Waals surface area contributed by atoms with Gasteiger partial charge in [0, 0.05) is 0 Å². The van der Waals surface area contributed by atoms with E-state index in [1.165, 1.54) is 0 Å². The first-order valence-electron chi connectivity index (χ1n) is 7.56. The number of anilines is 1. The molecule has 0 saturated heterocycles. The van der Waals surface area contributed by atoms with Crippen molar-refractivity contribution in [2.75, 3.05) is 18.5 Å². The Morgan fingerprint density at radius 2 is 1.83 bits per heavy atom. The predicted octanol–water partition coefficient (Wildman–Crippen LogP) is 2.51. The highest BCUT2D eigenvalue weighted by Gasteiger charge is 2.12. The van der Waals surface area contributed by atoms with E-state index in [1.54, 1.807) is 36.4 Å². The number of carbonyl (C=O) groups excluding carboxylic acids is 2. The maximum Gasteiger partial charge on any atom is 0.262 e. The second-order valence-corrected chi connectivity index (χ2v) is 5.13. The van der Waals surface area contributed by atoms with Crippen LogP contribution in [-0.2, 0) is 4.79 Å². The van der Waals surface area contributed by atoms with Gasteiger partial charge in [-0.15, -0.1) is 0 Å². The standard InChI is InChI=1S/C18H20N2O4/c1-3-23-15-7-5-4-6-14(15)20-17(21)11-24-16-10-12(2)8-9-13(16)18(19)22/h4-10H,3,11H2,1-2H3,(H2,19,22)(H,20,21). The van der Waals surface area contributed by atoms with Crippen molar-refractivity contribution < 1.29 is 19.1 Å². The molecule has 0 bridgehead atoms. The number of primary amides is 1. The molecule has 0 aliphatic carbocycles. The minimum absolute atomic E-state index is 0.239. The minimum atomic E-state index is -0.605. The van der Waals surface area contributed by atoms with Crippen LogP contribution in [0, 0.1) is 6.92 Å². The van der Waals surface area contributed by atoms with E-state index >= 15 is 0 Å². The highest BCUT2D eigenvalue weighted by molar-refractivity contribution is 5.96. The van der Waals surface area contributed by atoms with Crippen molar-refractivity contribution in [2.24, 2.45) is 5.73 Å². The zero-order valence-electron chi connectivity index (χ0n) is 13.7. The molecule has 0 fully saturated rings. The molecule has 126 valence electrons. The molecular formula is C18H20N2O4. The van der Waals surface area contributed by atoms with Crippen molar-refractivity contribution in [3.8, 4) is 11.5 Å². The molecule has 6 nitrogen and oxygen atoms in total. The summed E-state index contributed by atoms with van der Waals surface area (Å²) in [5, 5.41) is 2.72. The van der Waals surface area contributed by atoms with Gasteiger partial charge in [0.25, 0.3) is 11.8 Å². The fraction of sp³-hybridized carbons (Fsp3) is 0.222. The molecule has 2 amide bonds. The molecule has 0 aromatic heterocycles. The lowest BCUT2D eigenvalue weighted by Crippen LogP contribution is -2.22. The Hall–Kier alpha value is -3.02. The van der Waals surface area contributed by atoms with Crippen LogP contribution >= 0.6 is 0 Å². The molecule has 2 rings (SSSR count). The molecule has 0 radical (unpaired) electrons. The van der Waals surface area contributed by atoms with Gasteiger partial charge >= 0.3 is 0 Å². The molecular weight excluding hydrogens is 308 g/mol. The fourth-order valence-corrected chi connectivity index (χ4v) is 2.13. The van der Waals surface area contributed by atoms with Crippen molar-refractivity contribution in [1.82, 2.24) is 0 Å². The zero-order valence-corrected chi connectivity index (χ0v) is 13.7. The molecule has 24 heavy (non-hydrogen) atoms. The molecule has 0 spiro atoms. The van der Waals surface area contributed by atoms with E-state index in [2.05, 4.69) is 5.32 Å². The number of benzene rings is 2. The molecule has 0 aliphatic heterocycles. The van der Waals surface area contributed by atoms with Gasteiger partial charge in [-0.25, -0.2) is 0 Å². The summed E-state index contributed by atoms with van der Waals surface area (Å²) in [4.78, 5) is 23.5. The molecule has 0 saturated carbocycles. The van der Waals surface area contributed by atoms with Gasteiger partial charge in [0.15, 0.2) is 6.61 Å². The van der Waals surface area contributed by atoms with Crippen molar-refractivity contribution in [1.29, 1.82) is 0 Å². The van der Waals surface area contributed by atoms with E-state index in [1.807, 2.05) is 19.9 Å². The molecule has 0 heterocycles. The second kappa shape index (κ2) is 8.01. The van der Waals surface area contributed by atoms with Crippen LogP contribution in [0.4, 0.5) is 5.69 Å². The average molecular weight is 328 g/mol. The number of nitrogens with two attached hydrogens (primary N) is 1. The summed E-state index contributed by atoms with van der Waals surface area (Å²) in [6.45, 7) is 3.97. The third-order valence-corrected chi connectivity index (χ3v) is 3.22. The Labute approximate surface area is 140 Å². The Morgan fingerprint density at radius 3 is 2.54 bits per heavy atom. The van der Waals surface area contributed by atoms with Crippen molar-refractivity contribution in [3.05, 3.63) is 53.6 Å². The van der Waals surface area contributed by atoms with E-state index in [4.69, 9.17) is 15.2 Å². The van der Waals surface area contributed by atoms with E-state index in [0.29, 0.717) is 18.0 Å². The van der Waals surface area contributed by atoms with Crippen LogP contribution in [0.2, 0.25) is 0 Å². The molecule has 2 aromatic rings. The maximum absolute atomic E-state index is 12.1. The predicted molar refractivity (Wildman–Crippen MR) is 91.4 cm³/mol. The molecule has 0 atom stereocenters. The first kappa shape index (κ1) is 17.3. The highest BCUT2D eigenvalue weighted by Crippen LogP contribution is 2.24. The largest absolute Gasteiger partial charge is 0.492 e. The van der Waals surface area contributed by atoms with Gasteiger partial charge in [-0.05, 0) is 43.7 Å². The summed E-state index contributed by atoms with van der Waals surface area (Å²) in [6, 6.07) is 12.1. The molecule has 0 unspecified atom stereocenters. The van der Waals surface area contributed by atoms with Gasteiger partial charge < -0.3 is 20.5 Å². The number of carbonyl (C=O) groups is 2. The van der Waals surface area contributed by atoms with Crippen LogP contribution < -0.4 is 20.5 Å². The Balaban J connectivity index is 2.04. The van der Waals surface area contributed by atoms with E-state index in [0.717, 1.165) is 5.56 Å². The Morgan fingerprint density at radius 1 is 1.08 bits per heavy atom. The van der Waals surface area contributed by atoms with Gasteiger partial charge in [-0.3, -0.25) is 9.59 Å². The summed E-state index contributed by atoms with van der Waals surface area (Å²) >= 11 is 0. The van der Waals surface area contributed by atoms with Crippen LogP contribution in [0.5, 0.6) is 11.5 Å². The van der Waals surface area contributed by atoms with Crippen LogP contribution in [0.15, 0.2) is 42.5 Å². The number of aryl methyl sites for hydroxylation is 1. The highest BCUT2D eigenvalue weighted by atomic mass is 16.5. The van der Waals surface area contributed by atoms with Gasteiger partial charge in [-0.2, -0.15) is 0 Å². The van der Waals surface area contributed by atoms with Crippen molar-refractivity contribution >= 4 is 17.5 Å². The summed E-state index contributed by atoms with van der Waals surface area (Å²) in [5.41, 5.74) is 7.01. The quantitative estimate of drug-likeness (QED) is 0.817. The van der Waals surface area contributed by atoms with E-state index < -0.39 is 5.91 Å². The van der Waals surface area contributed by atoms with E-state index in [9.17, 15) is 9.59 Å². The molecule has 6 heteroatoms. The SMILES string of the molecule is CCOc1ccccc1NC(=O)COc1cc(C)ccc1C(N)=O. The molecule has 2 aromatic carbocycles. The van der Waals surface area contributed by atoms with Crippen LogP contribution in [0.1, 0.15) is 22.8 Å². The van der Waals surface area contributed by atoms with Crippen LogP contribution in [-0.4, -0.2) is 25.0 Å². The lowest BCUT2D eigenvalue weighted by molar-refractivity contribution is -0.118. The number of amides is 2. The monoisotopic (exact) mass is 328 g/mol. The van der Waals surface area contributed by atoms with E-state index in [-0.39, 0.29) is 23.8 Å². The lowest BCUT2D eigenvalue weighted by Gasteiger charge is -2.13. The second-order valence-electron chi connectivity index (χ2n) is 5.13. The van der Waals surface area contributed by atoms with Crippen molar-refractivity contribution in [2.45, 2.75) is 13.8 Å². The average Bonchev–Trinajstić information content (AvgIpc) is 2.55. The molecule has 0 aliphatic rings. The van der Waals surface area contributed by atoms with Crippen molar-refractivity contribution in [3.63, 3.8) is 0 Å². The lowest BCUT2D eigenvalue weighted by atomic mass is 10.1. The smallest absolute Gasteiger partial charge is 0.262 e. The molecule has 3 N–H and O–H groups in total. The number of hydrogen-bond acceptors (Lipinski definition) is 4. The minimum Gasteiger partial charge on any atom is -0.492 e. The fourth-order valence-electron chi connectivity index (χ4n) is 2.13. The number of ether oxygens (including phenoxy) is 2. The first-order valence-corrected chi connectivity index (χ1v) is 7.56. The third-order valence-electron chi connectivity index (χ3n) is 3.22. The summed E-state index contributed by atoms with van der Waals surface area (Å²) < 4.78 is 10.9. The number of para-hydroxylation sites is 2. The maximum atomic E-state index is 12.1. The van der Waals surface area contributed by atoms with Gasteiger partial charge in [-0.1, -0.05) is 18.2 Å². The normalized spacial score (nSPS) is 10.1. The van der Waals surface area contributed by atoms with Gasteiger partial charge in [0.2, 0.25) is 0 Å². The zero-order chi connectivity index (χ0) is 17.5. The van der Waals surface area contributed by atoms with Gasteiger partial charge in [0.1, 0.15) is 11.5 Å². The summed E-state index contributed by atoms with van der Waals surface area (Å²) in [6.07, 6.45) is 0. The number of rotatable bonds is 7. The topological polar surface area (TPSA) is 90.7 Å². The summed E-state index contributed by atoms with van der Waals surface area (Å²) in [7, 11) is 0. The van der Waals surface area contributed by atoms with Gasteiger partial charge in [0.05, 0.1) is 17.9 Å². The summed E-state index contributed by atoms with van der Waals surface area (Å²) in [5.74, 6) is -0.0938. The Bertz CT molecular complexity index is 744. The Kier molecular flexibility index (Phi) is 5.78. The number of nitrogens with one attached hydrogen (secondary N) is 1. The van der Waals surface area contributed by atoms with Crippen LogP contribution in [0.25, 0.3) is 0 Å². The first-order chi connectivity index (χ1) is 11.5. The number of hydrogen-bond donors (Lipinski definition) is 2. The third kappa shape index (κ3) is 4.49. The van der Waals surface area contributed by atoms with Crippen LogP contribution in [0.3, 0.4) is 0 Å².